The van der Waals surface area contributed by atoms with Crippen molar-refractivity contribution in [2.75, 3.05) is 20.7 Å². The summed E-state index contributed by atoms with van der Waals surface area (Å²) in [7, 11) is 3.58. The number of likely N-dealkylation sites (N-methyl/N-ethyl adjacent to an activating group) is 1. The first kappa shape index (κ1) is 11.2. The van der Waals surface area contributed by atoms with Gasteiger partial charge >= 0.3 is 0 Å². The smallest absolute Gasteiger partial charge is 0.162 e. The molecule has 88 valence electrons. The summed E-state index contributed by atoms with van der Waals surface area (Å²) in [6, 6.07) is 5.95. The van der Waals surface area contributed by atoms with Crippen LogP contribution in [0.5, 0.6) is 11.5 Å². The maximum Gasteiger partial charge on any atom is 0.162 e. The molecule has 1 aromatic carbocycles. The van der Waals surface area contributed by atoms with Crippen LogP contribution in [0.1, 0.15) is 18.0 Å². The monoisotopic (exact) mass is 222 g/mol. The molecule has 2 unspecified atom stereocenters. The molecule has 0 amide bonds. The Bertz CT molecular complexity index is 381. The topological polar surface area (TPSA) is 58.7 Å². The molecule has 1 fully saturated rings. The van der Waals surface area contributed by atoms with Gasteiger partial charge in [-0.05, 0) is 19.5 Å². The zero-order valence-electron chi connectivity index (χ0n) is 9.68. The number of nitrogens with zero attached hydrogens (tertiary/aromatic N) is 1. The molecule has 0 saturated carbocycles. The van der Waals surface area contributed by atoms with Gasteiger partial charge in [-0.25, -0.2) is 0 Å². The third-order valence-electron chi connectivity index (χ3n) is 3.19. The van der Waals surface area contributed by atoms with Crippen LogP contribution in [0.2, 0.25) is 0 Å². The minimum Gasteiger partial charge on any atom is -0.504 e. The molecular weight excluding hydrogens is 204 g/mol. The van der Waals surface area contributed by atoms with Crippen molar-refractivity contribution in [2.45, 2.75) is 18.5 Å². The quantitative estimate of drug-likeness (QED) is 0.787. The van der Waals surface area contributed by atoms with Gasteiger partial charge in [0.15, 0.2) is 11.5 Å². The molecule has 0 bridgehead atoms. The number of likely N-dealkylation sites (tertiary alicyclic amines) is 1. The minimum absolute atomic E-state index is 0.181. The van der Waals surface area contributed by atoms with Crippen LogP contribution in [-0.4, -0.2) is 36.8 Å². The molecule has 4 heteroatoms. The Labute approximate surface area is 95.6 Å². The SMILES string of the molecule is COc1cccc(C2CC(N)CN2C)c1O. The van der Waals surface area contributed by atoms with Crippen molar-refractivity contribution in [1.82, 2.24) is 4.90 Å². The molecule has 16 heavy (non-hydrogen) atoms. The zero-order valence-corrected chi connectivity index (χ0v) is 9.68. The Morgan fingerprint density at radius 3 is 2.81 bits per heavy atom. The number of hydrogen-bond acceptors (Lipinski definition) is 4. The molecule has 1 saturated heterocycles. The highest BCUT2D eigenvalue weighted by Crippen LogP contribution is 2.39. The number of methoxy groups -OCH3 is 1. The highest BCUT2D eigenvalue weighted by Gasteiger charge is 2.30. The average molecular weight is 222 g/mol. The van der Waals surface area contributed by atoms with Crippen LogP contribution in [0, 0.1) is 0 Å². The lowest BCUT2D eigenvalue weighted by Crippen LogP contribution is -2.24. The lowest BCUT2D eigenvalue weighted by molar-refractivity contribution is 0.302. The van der Waals surface area contributed by atoms with Crippen LogP contribution in [0.15, 0.2) is 18.2 Å². The van der Waals surface area contributed by atoms with Gasteiger partial charge in [-0.15, -0.1) is 0 Å². The first-order valence-electron chi connectivity index (χ1n) is 5.45. The van der Waals surface area contributed by atoms with Crippen molar-refractivity contribution < 1.29 is 9.84 Å². The third-order valence-corrected chi connectivity index (χ3v) is 3.19. The number of rotatable bonds is 2. The summed E-state index contributed by atoms with van der Waals surface area (Å²) in [6.45, 7) is 0.862. The number of aromatic hydroxyl groups is 1. The van der Waals surface area contributed by atoms with Crippen molar-refractivity contribution in [3.63, 3.8) is 0 Å². The fourth-order valence-electron chi connectivity index (χ4n) is 2.38. The van der Waals surface area contributed by atoms with Gasteiger partial charge in [-0.2, -0.15) is 0 Å². The largest absolute Gasteiger partial charge is 0.504 e. The van der Waals surface area contributed by atoms with Crippen LogP contribution < -0.4 is 10.5 Å². The number of benzene rings is 1. The van der Waals surface area contributed by atoms with Gasteiger partial charge in [0, 0.05) is 24.2 Å². The van der Waals surface area contributed by atoms with Crippen LogP contribution in [0.25, 0.3) is 0 Å². The van der Waals surface area contributed by atoms with E-state index in [1.54, 1.807) is 13.2 Å². The number of phenols is 1. The molecule has 1 aliphatic rings. The average Bonchev–Trinajstić information content (AvgIpc) is 2.58. The Balaban J connectivity index is 2.33. The van der Waals surface area contributed by atoms with Gasteiger partial charge in [0.2, 0.25) is 0 Å². The molecule has 2 atom stereocenters. The molecule has 3 N–H and O–H groups in total. The second kappa shape index (κ2) is 4.31. The van der Waals surface area contributed by atoms with E-state index >= 15 is 0 Å². The van der Waals surface area contributed by atoms with E-state index in [2.05, 4.69) is 4.90 Å². The van der Waals surface area contributed by atoms with Crippen LogP contribution >= 0.6 is 0 Å². The third kappa shape index (κ3) is 1.86. The number of phenolic OH excluding ortho intramolecular Hbond substituents is 1. The highest BCUT2D eigenvalue weighted by molar-refractivity contribution is 5.47. The lowest BCUT2D eigenvalue weighted by atomic mass is 10.0. The van der Waals surface area contributed by atoms with Crippen molar-refractivity contribution in [3.05, 3.63) is 23.8 Å². The van der Waals surface area contributed by atoms with Crippen LogP contribution in [0.3, 0.4) is 0 Å². The van der Waals surface area contributed by atoms with Gasteiger partial charge in [0.25, 0.3) is 0 Å². The fraction of sp³-hybridized carbons (Fsp3) is 0.500. The molecule has 0 aliphatic carbocycles. The minimum atomic E-state index is 0.181. The summed E-state index contributed by atoms with van der Waals surface area (Å²) < 4.78 is 5.11. The zero-order chi connectivity index (χ0) is 11.7. The Morgan fingerprint density at radius 1 is 1.50 bits per heavy atom. The van der Waals surface area contributed by atoms with Gasteiger partial charge < -0.3 is 15.6 Å². The molecule has 2 rings (SSSR count). The van der Waals surface area contributed by atoms with Crippen molar-refractivity contribution in [1.29, 1.82) is 0 Å². The molecule has 4 nitrogen and oxygen atoms in total. The highest BCUT2D eigenvalue weighted by atomic mass is 16.5. The standard InChI is InChI=1S/C12H18N2O2/c1-14-7-8(13)6-10(14)9-4-3-5-11(16-2)12(9)15/h3-5,8,10,15H,6-7,13H2,1-2H3. The van der Waals surface area contributed by atoms with E-state index < -0.39 is 0 Å². The molecule has 1 heterocycles. The van der Waals surface area contributed by atoms with Gasteiger partial charge in [0.05, 0.1) is 7.11 Å². The summed E-state index contributed by atoms with van der Waals surface area (Å²) in [5.74, 6) is 0.752. The normalized spacial score (nSPS) is 25.9. The second-order valence-corrected chi connectivity index (χ2v) is 4.35. The predicted octanol–water partition coefficient (Wildman–Crippen LogP) is 1.10. The maximum absolute atomic E-state index is 10.1. The Kier molecular flexibility index (Phi) is 3.03. The van der Waals surface area contributed by atoms with Crippen molar-refractivity contribution in [2.24, 2.45) is 5.73 Å². The molecule has 1 aliphatic heterocycles. The maximum atomic E-state index is 10.1. The van der Waals surface area contributed by atoms with E-state index in [1.807, 2.05) is 19.2 Å². The van der Waals surface area contributed by atoms with Crippen LogP contribution in [0.4, 0.5) is 0 Å². The number of para-hydroxylation sites is 1. The van der Waals surface area contributed by atoms with E-state index in [1.165, 1.54) is 0 Å². The fourth-order valence-corrected chi connectivity index (χ4v) is 2.38. The van der Waals surface area contributed by atoms with E-state index in [4.69, 9.17) is 10.5 Å². The Morgan fingerprint density at radius 2 is 2.25 bits per heavy atom. The summed E-state index contributed by atoms with van der Waals surface area (Å²) in [5, 5.41) is 10.1. The van der Waals surface area contributed by atoms with Crippen LogP contribution in [-0.2, 0) is 0 Å². The van der Waals surface area contributed by atoms with Crippen molar-refractivity contribution in [3.8, 4) is 11.5 Å². The number of ether oxygens (including phenoxy) is 1. The lowest BCUT2D eigenvalue weighted by Gasteiger charge is -2.21. The second-order valence-electron chi connectivity index (χ2n) is 4.35. The summed E-state index contributed by atoms with van der Waals surface area (Å²) in [5.41, 5.74) is 6.82. The number of hydrogen-bond donors (Lipinski definition) is 2. The first-order chi connectivity index (χ1) is 7.63. The summed E-state index contributed by atoms with van der Waals surface area (Å²) in [6.07, 6.45) is 0.872. The predicted molar refractivity (Wildman–Crippen MR) is 62.6 cm³/mol. The van der Waals surface area contributed by atoms with E-state index in [-0.39, 0.29) is 17.8 Å². The van der Waals surface area contributed by atoms with E-state index in [0.29, 0.717) is 5.75 Å². The van der Waals surface area contributed by atoms with E-state index in [9.17, 15) is 5.11 Å². The number of nitrogens with two attached hydrogens (primary N) is 1. The summed E-state index contributed by atoms with van der Waals surface area (Å²) >= 11 is 0. The molecule has 1 aromatic rings. The first-order valence-corrected chi connectivity index (χ1v) is 5.45. The van der Waals surface area contributed by atoms with E-state index in [0.717, 1.165) is 18.5 Å². The Hall–Kier alpha value is -1.26. The molecule has 0 spiro atoms. The summed E-state index contributed by atoms with van der Waals surface area (Å²) in [4.78, 5) is 2.17. The molecule has 0 aromatic heterocycles. The molecule has 0 radical (unpaired) electrons. The molecular formula is C12H18N2O2. The van der Waals surface area contributed by atoms with Crippen molar-refractivity contribution >= 4 is 0 Å². The van der Waals surface area contributed by atoms with Gasteiger partial charge in [0.1, 0.15) is 0 Å². The van der Waals surface area contributed by atoms with Gasteiger partial charge in [-0.3, -0.25) is 4.90 Å². The van der Waals surface area contributed by atoms with Gasteiger partial charge in [-0.1, -0.05) is 12.1 Å².